The number of carbonyl (C=O) groups excluding carboxylic acids is 1. The second-order valence-electron chi connectivity index (χ2n) is 2.81. The minimum atomic E-state index is 0.100. The van der Waals surface area contributed by atoms with Crippen LogP contribution >= 0.6 is 0 Å². The van der Waals surface area contributed by atoms with Crippen LogP contribution in [0, 0.1) is 17.2 Å². The minimum Gasteiger partial charge on any atom is -0.316 e. The van der Waals surface area contributed by atoms with Crippen LogP contribution in [0.2, 0.25) is 0 Å². The maximum absolute atomic E-state index is 11.2. The summed E-state index contributed by atoms with van der Waals surface area (Å²) in [5, 5.41) is 11.4. The molecule has 3 nitrogen and oxygen atoms in total. The van der Waals surface area contributed by atoms with E-state index in [9.17, 15) is 4.79 Å². The number of nitrogens with zero attached hydrogens (tertiary/aromatic N) is 1. The van der Waals surface area contributed by atoms with Crippen LogP contribution in [0.25, 0.3) is 0 Å². The lowest BCUT2D eigenvalue weighted by Gasteiger charge is -2.20. The van der Waals surface area contributed by atoms with Gasteiger partial charge in [-0.1, -0.05) is 0 Å². The van der Waals surface area contributed by atoms with Crippen molar-refractivity contribution in [2.24, 2.45) is 5.92 Å². The molecule has 60 valence electrons. The van der Waals surface area contributed by atoms with Crippen LogP contribution < -0.4 is 5.32 Å². The average Bonchev–Trinajstić information content (AvgIpc) is 2.03. The molecule has 0 saturated carbocycles. The molecule has 1 atom stereocenters. The molecule has 0 aromatic carbocycles. The number of ketones is 1. The topological polar surface area (TPSA) is 52.9 Å². The lowest BCUT2D eigenvalue weighted by Crippen LogP contribution is -2.36. The van der Waals surface area contributed by atoms with E-state index >= 15 is 0 Å². The second kappa shape index (κ2) is 4.09. The van der Waals surface area contributed by atoms with Crippen molar-refractivity contribution in [1.29, 1.82) is 5.26 Å². The molecule has 0 radical (unpaired) electrons. The van der Waals surface area contributed by atoms with E-state index in [0.717, 1.165) is 19.5 Å². The molecule has 0 aliphatic carbocycles. The molecule has 0 spiro atoms. The Bertz CT molecular complexity index is 183. The molecule has 1 saturated heterocycles. The highest BCUT2D eigenvalue weighted by atomic mass is 16.1. The molecule has 1 aliphatic rings. The van der Waals surface area contributed by atoms with Gasteiger partial charge in [0.05, 0.1) is 6.07 Å². The quantitative estimate of drug-likeness (QED) is 0.625. The molecule has 1 fully saturated rings. The highest BCUT2D eigenvalue weighted by Crippen LogP contribution is 2.11. The van der Waals surface area contributed by atoms with Crippen molar-refractivity contribution in [3.8, 4) is 6.07 Å². The molecule has 0 bridgehead atoms. The van der Waals surface area contributed by atoms with Gasteiger partial charge in [-0.3, -0.25) is 4.79 Å². The first kappa shape index (κ1) is 8.22. The number of carbonyl (C=O) groups is 1. The summed E-state index contributed by atoms with van der Waals surface area (Å²) in [4.78, 5) is 11.2. The lowest BCUT2D eigenvalue weighted by molar-refractivity contribution is -0.124. The van der Waals surface area contributed by atoms with Gasteiger partial charge in [0.15, 0.2) is 0 Å². The van der Waals surface area contributed by atoms with Crippen molar-refractivity contribution in [2.75, 3.05) is 13.1 Å². The number of nitriles is 1. The van der Waals surface area contributed by atoms with Gasteiger partial charge in [0.25, 0.3) is 0 Å². The molecule has 1 aliphatic heterocycles. The first-order valence-electron chi connectivity index (χ1n) is 3.95. The number of rotatable bonds is 2. The summed E-state index contributed by atoms with van der Waals surface area (Å²) < 4.78 is 0. The van der Waals surface area contributed by atoms with Gasteiger partial charge in [0.2, 0.25) is 0 Å². The molecule has 1 N–H and O–H groups in total. The summed E-state index contributed by atoms with van der Waals surface area (Å²) in [6, 6.07) is 2.06. The number of hydrogen-bond donors (Lipinski definition) is 1. The van der Waals surface area contributed by atoms with E-state index in [1.807, 2.05) is 0 Å². The van der Waals surface area contributed by atoms with Crippen LogP contribution in [0.4, 0.5) is 0 Å². The van der Waals surface area contributed by atoms with Crippen molar-refractivity contribution >= 4 is 5.78 Å². The van der Waals surface area contributed by atoms with Crippen LogP contribution in [0.15, 0.2) is 0 Å². The number of hydrogen-bond acceptors (Lipinski definition) is 3. The van der Waals surface area contributed by atoms with Gasteiger partial charge in [0.1, 0.15) is 5.78 Å². The van der Waals surface area contributed by atoms with E-state index in [4.69, 9.17) is 5.26 Å². The molecule has 11 heavy (non-hydrogen) atoms. The average molecular weight is 152 g/mol. The fourth-order valence-corrected chi connectivity index (χ4v) is 1.31. The first-order valence-corrected chi connectivity index (χ1v) is 3.95. The third kappa shape index (κ3) is 2.32. The molecule has 3 heteroatoms. The Morgan fingerprint density at radius 1 is 1.73 bits per heavy atom. The summed E-state index contributed by atoms with van der Waals surface area (Å²) in [6.45, 7) is 1.57. The van der Waals surface area contributed by atoms with Gasteiger partial charge in [-0.25, -0.2) is 0 Å². The van der Waals surface area contributed by atoms with Crippen LogP contribution in [-0.4, -0.2) is 18.9 Å². The van der Waals surface area contributed by atoms with Gasteiger partial charge < -0.3 is 5.32 Å². The van der Waals surface area contributed by atoms with Gasteiger partial charge >= 0.3 is 0 Å². The second-order valence-corrected chi connectivity index (χ2v) is 2.81. The number of piperidine rings is 1. The molecule has 0 aromatic heterocycles. The Morgan fingerprint density at radius 3 is 3.18 bits per heavy atom. The van der Waals surface area contributed by atoms with Gasteiger partial charge in [-0.2, -0.15) is 5.26 Å². The molecule has 0 amide bonds. The third-order valence-electron chi connectivity index (χ3n) is 2.00. The molecule has 1 rings (SSSR count). The smallest absolute Gasteiger partial charge is 0.138 e. The summed E-state index contributed by atoms with van der Waals surface area (Å²) in [5.41, 5.74) is 0. The molecular weight excluding hydrogens is 140 g/mol. The Hall–Kier alpha value is -0.880. The maximum Gasteiger partial charge on any atom is 0.138 e. The van der Waals surface area contributed by atoms with E-state index in [2.05, 4.69) is 11.4 Å². The van der Waals surface area contributed by atoms with E-state index in [-0.39, 0.29) is 5.92 Å². The number of Topliss-reactive ketones (excluding diaryl/α,β-unsaturated/α-hetero) is 1. The van der Waals surface area contributed by atoms with Crippen LogP contribution in [0.3, 0.4) is 0 Å². The van der Waals surface area contributed by atoms with Crippen molar-refractivity contribution in [2.45, 2.75) is 19.3 Å². The van der Waals surface area contributed by atoms with Crippen molar-refractivity contribution in [1.82, 2.24) is 5.32 Å². The SMILES string of the molecule is N#CCCC1CNCCC1=O. The molecule has 1 unspecified atom stereocenters. The van der Waals surface area contributed by atoms with Crippen LogP contribution in [-0.2, 0) is 4.79 Å². The zero-order valence-corrected chi connectivity index (χ0v) is 6.47. The largest absolute Gasteiger partial charge is 0.316 e. The number of nitrogens with one attached hydrogen (secondary N) is 1. The molecule has 1 heterocycles. The normalized spacial score (nSPS) is 24.6. The van der Waals surface area contributed by atoms with Gasteiger partial charge in [-0.05, 0) is 6.42 Å². The zero-order chi connectivity index (χ0) is 8.10. The highest BCUT2D eigenvalue weighted by Gasteiger charge is 2.20. The van der Waals surface area contributed by atoms with E-state index in [1.54, 1.807) is 0 Å². The molecular formula is C8H12N2O. The minimum absolute atomic E-state index is 0.100. The maximum atomic E-state index is 11.2. The summed E-state index contributed by atoms with van der Waals surface area (Å²) >= 11 is 0. The highest BCUT2D eigenvalue weighted by molar-refractivity contribution is 5.82. The van der Waals surface area contributed by atoms with Gasteiger partial charge in [0, 0.05) is 31.8 Å². The van der Waals surface area contributed by atoms with Crippen molar-refractivity contribution in [3.05, 3.63) is 0 Å². The monoisotopic (exact) mass is 152 g/mol. The third-order valence-corrected chi connectivity index (χ3v) is 2.00. The van der Waals surface area contributed by atoms with E-state index in [0.29, 0.717) is 18.6 Å². The molecule has 0 aromatic rings. The predicted octanol–water partition coefficient (Wildman–Crippen LogP) is 0.469. The van der Waals surface area contributed by atoms with E-state index in [1.165, 1.54) is 0 Å². The Balaban J connectivity index is 2.31. The standard InChI is InChI=1S/C8H12N2O/c9-4-1-2-7-6-10-5-3-8(7)11/h7,10H,1-3,5-6H2. The lowest BCUT2D eigenvalue weighted by atomic mass is 9.94. The first-order chi connectivity index (χ1) is 5.34. The van der Waals surface area contributed by atoms with Crippen molar-refractivity contribution in [3.63, 3.8) is 0 Å². The van der Waals surface area contributed by atoms with E-state index < -0.39 is 0 Å². The summed E-state index contributed by atoms with van der Waals surface area (Å²) in [6.07, 6.45) is 1.86. The van der Waals surface area contributed by atoms with Crippen LogP contribution in [0.5, 0.6) is 0 Å². The van der Waals surface area contributed by atoms with Gasteiger partial charge in [-0.15, -0.1) is 0 Å². The Morgan fingerprint density at radius 2 is 2.55 bits per heavy atom. The summed E-state index contributed by atoms with van der Waals surface area (Å²) in [7, 11) is 0. The predicted molar refractivity (Wildman–Crippen MR) is 40.8 cm³/mol. The fourth-order valence-electron chi connectivity index (χ4n) is 1.31. The Labute approximate surface area is 66.4 Å². The fraction of sp³-hybridized carbons (Fsp3) is 0.750. The van der Waals surface area contributed by atoms with Crippen molar-refractivity contribution < 1.29 is 4.79 Å². The Kier molecular flexibility index (Phi) is 3.06. The van der Waals surface area contributed by atoms with Crippen LogP contribution in [0.1, 0.15) is 19.3 Å². The summed E-state index contributed by atoms with van der Waals surface area (Å²) in [5.74, 6) is 0.419. The zero-order valence-electron chi connectivity index (χ0n) is 6.47.